The van der Waals surface area contributed by atoms with E-state index >= 15 is 0 Å². The maximum Gasteiger partial charge on any atom is 0.151 e. The van der Waals surface area contributed by atoms with E-state index in [1.807, 2.05) is 0 Å². The van der Waals surface area contributed by atoms with Gasteiger partial charge in [-0.2, -0.15) is 11.1 Å². The van der Waals surface area contributed by atoms with Crippen LogP contribution in [0.25, 0.3) is 0 Å². The summed E-state index contributed by atoms with van der Waals surface area (Å²) >= 11 is 8.14. The summed E-state index contributed by atoms with van der Waals surface area (Å²) in [5.74, 6) is 0. The fourth-order valence-corrected chi connectivity index (χ4v) is 35.5. The first-order chi connectivity index (χ1) is 15.7. The van der Waals surface area contributed by atoms with Gasteiger partial charge in [0.25, 0.3) is 0 Å². The predicted octanol–water partition coefficient (Wildman–Crippen LogP) is 7.74. The summed E-state index contributed by atoms with van der Waals surface area (Å²) in [6.07, 6.45) is 0. The van der Waals surface area contributed by atoms with Gasteiger partial charge in [-0.15, -0.1) is 0 Å². The molecule has 2 aromatic carbocycles. The SMILES string of the molecule is Cc1cc(C)c(C)c(B2B(c3c(C)c(C)cc(C)c3C)[C@@H]([Si](C)(C)C)[Si](C)(Cl)[C@@H]2[Si](C)(C)C)c1C. The van der Waals surface area contributed by atoms with E-state index in [2.05, 4.69) is 113 Å². The van der Waals surface area contributed by atoms with Crippen LogP contribution in [-0.2, 0) is 0 Å². The summed E-state index contributed by atoms with van der Waals surface area (Å²) in [5, 5.41) is 1.30. The van der Waals surface area contributed by atoms with Gasteiger partial charge in [0, 0.05) is 16.1 Å². The maximum absolute atomic E-state index is 8.14. The van der Waals surface area contributed by atoms with Gasteiger partial charge in [-0.25, -0.2) is 0 Å². The Bertz CT molecular complexity index is 1020. The Labute approximate surface area is 225 Å². The van der Waals surface area contributed by atoms with Crippen LogP contribution in [0.15, 0.2) is 12.1 Å². The van der Waals surface area contributed by atoms with Gasteiger partial charge in [-0.3, -0.25) is 0 Å². The van der Waals surface area contributed by atoms with Crippen LogP contribution in [0.5, 0.6) is 0 Å². The molecular weight excluding hydrogens is 490 g/mol. The molecule has 6 heteroatoms. The van der Waals surface area contributed by atoms with Gasteiger partial charge in [0.2, 0.25) is 0 Å². The summed E-state index contributed by atoms with van der Waals surface area (Å²) in [6, 6.07) is 4.81. The maximum atomic E-state index is 8.14. The molecule has 0 aromatic heterocycles. The summed E-state index contributed by atoms with van der Waals surface area (Å²) in [5.41, 5.74) is 15.1. The molecule has 2 aromatic rings. The molecule has 0 spiro atoms. The monoisotopic (exact) mass is 538 g/mol. The Balaban J connectivity index is 2.59. The standard InChI is InChI=1S/C29H49B2ClSi3/c1-18-16-19(2)23(6)26(22(18)5)30-28(33(9,10)11)35(15,32)29(34(12,13)14)31(30)27-24(7)20(3)17-21(4)25(27)8/h16-17,28-29H,1-15H3/t28-,29-/m0/s1. The van der Waals surface area contributed by atoms with Gasteiger partial charge < -0.3 is 0 Å². The lowest BCUT2D eigenvalue weighted by Gasteiger charge is -2.42. The minimum atomic E-state index is -2.13. The fraction of sp³-hybridized carbons (Fsp3) is 0.586. The number of benzene rings is 2. The highest BCUT2D eigenvalue weighted by atomic mass is 35.6. The minimum Gasteiger partial charge on any atom is -0.169 e. The molecule has 2 atom stereocenters. The average molecular weight is 539 g/mol. The molecule has 35 heavy (non-hydrogen) atoms. The van der Waals surface area contributed by atoms with E-state index in [0.29, 0.717) is 23.3 Å². The number of hydrogen-bond donors (Lipinski definition) is 0. The van der Waals surface area contributed by atoms with Crippen LogP contribution >= 0.6 is 11.1 Å². The lowest BCUT2D eigenvalue weighted by Crippen LogP contribution is -2.60. The van der Waals surface area contributed by atoms with Gasteiger partial charge in [-0.05, 0) is 77.6 Å². The smallest absolute Gasteiger partial charge is 0.151 e. The zero-order chi connectivity index (χ0) is 27.0. The van der Waals surface area contributed by atoms with Crippen molar-refractivity contribution < 1.29 is 0 Å². The molecule has 0 nitrogen and oxygen atoms in total. The molecular formula is C29H49B2ClSi3. The third kappa shape index (κ3) is 4.77. The average Bonchev–Trinajstić information content (AvgIpc) is 2.92. The van der Waals surface area contributed by atoms with Crippen molar-refractivity contribution in [3.63, 3.8) is 0 Å². The second kappa shape index (κ2) is 9.36. The number of aryl methyl sites for hydroxylation is 4. The number of hydrogen-bond acceptors (Lipinski definition) is 0. The van der Waals surface area contributed by atoms with Crippen molar-refractivity contribution in [1.82, 2.24) is 0 Å². The highest BCUT2D eigenvalue weighted by Gasteiger charge is 2.68. The molecule has 1 saturated heterocycles. The molecule has 0 unspecified atom stereocenters. The molecule has 190 valence electrons. The van der Waals surface area contributed by atoms with Crippen LogP contribution < -0.4 is 10.9 Å². The molecule has 0 amide bonds. The van der Waals surface area contributed by atoms with Crippen molar-refractivity contribution >= 4 is 58.7 Å². The Morgan fingerprint density at radius 2 is 0.800 bits per heavy atom. The van der Waals surface area contributed by atoms with E-state index in [1.54, 1.807) is 10.9 Å². The van der Waals surface area contributed by atoms with Crippen LogP contribution in [0.3, 0.4) is 0 Å². The van der Waals surface area contributed by atoms with Gasteiger partial charge in [0.15, 0.2) is 13.2 Å². The largest absolute Gasteiger partial charge is 0.169 e. The van der Waals surface area contributed by atoms with E-state index in [0.717, 1.165) is 0 Å². The van der Waals surface area contributed by atoms with Gasteiger partial charge >= 0.3 is 0 Å². The van der Waals surface area contributed by atoms with Crippen LogP contribution in [0.4, 0.5) is 0 Å². The molecule has 1 fully saturated rings. The van der Waals surface area contributed by atoms with Crippen molar-refractivity contribution in [2.24, 2.45) is 0 Å². The summed E-state index contributed by atoms with van der Waals surface area (Å²) in [7, 11) is -5.31. The molecule has 0 saturated carbocycles. The summed E-state index contributed by atoms with van der Waals surface area (Å²) < 4.78 is 0. The van der Waals surface area contributed by atoms with Gasteiger partial charge in [0.1, 0.15) is 7.38 Å². The lowest BCUT2D eigenvalue weighted by molar-refractivity contribution is 1.26. The first kappa shape index (κ1) is 29.1. The van der Waals surface area contributed by atoms with Crippen molar-refractivity contribution in [2.75, 3.05) is 0 Å². The van der Waals surface area contributed by atoms with Gasteiger partial charge in [-0.1, -0.05) is 101 Å². The Hall–Kier alpha value is -0.489. The molecule has 1 aliphatic rings. The van der Waals surface area contributed by atoms with Crippen LogP contribution in [0, 0.1) is 55.4 Å². The highest BCUT2D eigenvalue weighted by Crippen LogP contribution is 2.55. The Morgan fingerprint density at radius 1 is 0.571 bits per heavy atom. The molecule has 0 aliphatic carbocycles. The molecule has 0 N–H and O–H groups in total. The van der Waals surface area contributed by atoms with E-state index in [1.165, 1.54) is 44.5 Å². The third-order valence-corrected chi connectivity index (χ3v) is 28.6. The van der Waals surface area contributed by atoms with Crippen LogP contribution in [0.1, 0.15) is 44.5 Å². The highest BCUT2D eigenvalue weighted by molar-refractivity contribution is 7.57. The van der Waals surface area contributed by atoms with E-state index in [4.69, 9.17) is 11.1 Å². The van der Waals surface area contributed by atoms with Crippen LogP contribution in [-0.4, -0.2) is 36.7 Å². The molecule has 1 heterocycles. The van der Waals surface area contributed by atoms with Crippen molar-refractivity contribution in [3.05, 3.63) is 56.6 Å². The molecule has 0 radical (unpaired) electrons. The Morgan fingerprint density at radius 3 is 1.00 bits per heavy atom. The van der Waals surface area contributed by atoms with E-state index < -0.39 is 23.5 Å². The molecule has 0 bridgehead atoms. The molecule has 3 rings (SSSR count). The summed E-state index contributed by atoms with van der Waals surface area (Å²) in [4.78, 5) is 0. The van der Waals surface area contributed by atoms with E-state index in [9.17, 15) is 0 Å². The van der Waals surface area contributed by atoms with Crippen molar-refractivity contribution in [3.8, 4) is 0 Å². The number of rotatable bonds is 4. The second-order valence-corrected chi connectivity index (χ2v) is 32.1. The molecule has 1 aliphatic heterocycles. The normalized spacial score (nSPS) is 23.4. The first-order valence-electron chi connectivity index (χ1n) is 13.6. The Kier molecular flexibility index (Phi) is 7.78. The van der Waals surface area contributed by atoms with Gasteiger partial charge in [0.05, 0.1) is 0 Å². The van der Waals surface area contributed by atoms with Crippen LogP contribution in [0.2, 0.25) is 56.0 Å². The predicted molar refractivity (Wildman–Crippen MR) is 173 cm³/mol. The van der Waals surface area contributed by atoms with Crippen molar-refractivity contribution in [2.45, 2.75) is 111 Å². The zero-order valence-electron chi connectivity index (χ0n) is 25.3. The summed E-state index contributed by atoms with van der Waals surface area (Å²) in [6.45, 7) is 38.1. The second-order valence-electron chi connectivity index (χ2n) is 14.2. The topological polar surface area (TPSA) is 0 Å². The van der Waals surface area contributed by atoms with E-state index in [-0.39, 0.29) is 0 Å². The zero-order valence-corrected chi connectivity index (χ0v) is 29.1. The quantitative estimate of drug-likeness (QED) is 0.276. The van der Waals surface area contributed by atoms with Crippen molar-refractivity contribution in [1.29, 1.82) is 0 Å². The fourth-order valence-electron chi connectivity index (χ4n) is 8.27. The third-order valence-electron chi connectivity index (χ3n) is 9.70. The minimum absolute atomic E-state index is 0.518. The number of halogens is 1. The first-order valence-corrected chi connectivity index (χ1v) is 24.4. The lowest BCUT2D eigenvalue weighted by atomic mass is 9.05.